The average Bonchev–Trinajstić information content (AvgIpc) is 2.31. The second-order valence-electron chi connectivity index (χ2n) is 4.19. The van der Waals surface area contributed by atoms with Gasteiger partial charge in [-0.3, -0.25) is 0 Å². The predicted molar refractivity (Wildman–Crippen MR) is 45.8 cm³/mol. The van der Waals surface area contributed by atoms with Crippen molar-refractivity contribution in [3.63, 3.8) is 0 Å². The van der Waals surface area contributed by atoms with Gasteiger partial charge >= 0.3 is 0 Å². The third kappa shape index (κ3) is 1.74. The van der Waals surface area contributed by atoms with Crippen LogP contribution in [0.2, 0.25) is 0 Å². The Morgan fingerprint density at radius 2 is 2.00 bits per heavy atom. The molecule has 0 radical (unpaired) electrons. The molecule has 1 rings (SSSR count). The Hall–Kier alpha value is -0.510. The molecule has 0 heterocycles. The number of hydrogen-bond donors (Lipinski definition) is 0. The highest BCUT2D eigenvalue weighted by Crippen LogP contribution is 2.39. The molecule has 1 aliphatic carbocycles. The molecule has 0 saturated heterocycles. The van der Waals surface area contributed by atoms with Gasteiger partial charge in [0, 0.05) is 5.92 Å². The highest BCUT2D eigenvalue weighted by atomic mass is 14.4. The van der Waals surface area contributed by atoms with Crippen molar-refractivity contribution in [3.8, 4) is 6.07 Å². The summed E-state index contributed by atoms with van der Waals surface area (Å²) in [5.74, 6) is 2.53. The molecule has 0 aliphatic heterocycles. The average molecular weight is 151 g/mol. The van der Waals surface area contributed by atoms with Crippen molar-refractivity contribution in [2.45, 2.75) is 33.6 Å². The van der Waals surface area contributed by atoms with Crippen LogP contribution in [0.3, 0.4) is 0 Å². The lowest BCUT2D eigenvalue weighted by Crippen LogP contribution is -2.03. The van der Waals surface area contributed by atoms with Crippen LogP contribution in [0.25, 0.3) is 0 Å². The fraction of sp³-hybridized carbons (Fsp3) is 0.900. The molecule has 0 aromatic carbocycles. The molecule has 0 bridgehead atoms. The van der Waals surface area contributed by atoms with E-state index in [0.29, 0.717) is 11.8 Å². The van der Waals surface area contributed by atoms with Crippen LogP contribution < -0.4 is 0 Å². The lowest BCUT2D eigenvalue weighted by molar-refractivity contribution is 0.383. The molecule has 0 spiro atoms. The molecule has 1 saturated carbocycles. The highest BCUT2D eigenvalue weighted by molar-refractivity contribution is 4.94. The molecule has 1 aliphatic rings. The van der Waals surface area contributed by atoms with E-state index in [0.717, 1.165) is 18.3 Å². The van der Waals surface area contributed by atoms with Crippen molar-refractivity contribution in [2.75, 3.05) is 0 Å². The summed E-state index contributed by atoms with van der Waals surface area (Å²) in [4.78, 5) is 0. The minimum absolute atomic E-state index is 0.336. The number of nitriles is 1. The molecular formula is C10H17N. The van der Waals surface area contributed by atoms with E-state index in [1.165, 1.54) is 6.42 Å². The summed E-state index contributed by atoms with van der Waals surface area (Å²) < 4.78 is 0. The fourth-order valence-corrected chi connectivity index (χ4v) is 2.02. The van der Waals surface area contributed by atoms with Gasteiger partial charge in [-0.05, 0) is 30.6 Å². The van der Waals surface area contributed by atoms with Gasteiger partial charge < -0.3 is 0 Å². The largest absolute Gasteiger partial charge is 0.198 e. The van der Waals surface area contributed by atoms with Gasteiger partial charge in [-0.1, -0.05) is 20.8 Å². The van der Waals surface area contributed by atoms with Crippen molar-refractivity contribution < 1.29 is 0 Å². The molecular weight excluding hydrogens is 134 g/mol. The van der Waals surface area contributed by atoms with Gasteiger partial charge in [0.25, 0.3) is 0 Å². The summed E-state index contributed by atoms with van der Waals surface area (Å²) in [5.41, 5.74) is 0. The number of hydrogen-bond acceptors (Lipinski definition) is 1. The van der Waals surface area contributed by atoms with Crippen LogP contribution in [0.1, 0.15) is 33.6 Å². The Labute approximate surface area is 69.4 Å². The Kier molecular flexibility index (Phi) is 2.54. The van der Waals surface area contributed by atoms with E-state index in [4.69, 9.17) is 5.26 Å². The Balaban J connectivity index is 2.51. The summed E-state index contributed by atoms with van der Waals surface area (Å²) in [7, 11) is 0. The summed E-state index contributed by atoms with van der Waals surface area (Å²) in [6.45, 7) is 6.73. The van der Waals surface area contributed by atoms with Crippen LogP contribution in [0, 0.1) is 35.0 Å². The molecule has 0 N–H and O–H groups in total. The van der Waals surface area contributed by atoms with Gasteiger partial charge in [-0.25, -0.2) is 0 Å². The van der Waals surface area contributed by atoms with E-state index in [2.05, 4.69) is 26.8 Å². The molecule has 0 aromatic heterocycles. The van der Waals surface area contributed by atoms with Crippen LogP contribution in [0.15, 0.2) is 0 Å². The topological polar surface area (TPSA) is 23.8 Å². The van der Waals surface area contributed by atoms with Crippen LogP contribution in [-0.4, -0.2) is 0 Å². The fourth-order valence-electron chi connectivity index (χ4n) is 2.02. The van der Waals surface area contributed by atoms with Gasteiger partial charge in [0.2, 0.25) is 0 Å². The van der Waals surface area contributed by atoms with Crippen LogP contribution in [0.5, 0.6) is 0 Å². The molecule has 62 valence electrons. The smallest absolute Gasteiger partial charge is 0.0658 e. The standard InChI is InChI=1S/C10H17N/c1-7(2)9-4-8(3)10(5-9)6-11/h7-10H,4-5H2,1-3H3/t8-,9?,10-/m0/s1. The van der Waals surface area contributed by atoms with E-state index >= 15 is 0 Å². The maximum Gasteiger partial charge on any atom is 0.0658 e. The minimum atomic E-state index is 0.336. The zero-order chi connectivity index (χ0) is 8.43. The van der Waals surface area contributed by atoms with Crippen LogP contribution in [-0.2, 0) is 0 Å². The molecule has 0 amide bonds. The zero-order valence-electron chi connectivity index (χ0n) is 7.67. The third-order valence-corrected chi connectivity index (χ3v) is 3.03. The summed E-state index contributed by atoms with van der Waals surface area (Å²) in [6.07, 6.45) is 2.39. The first-order chi connectivity index (χ1) is 5.15. The first kappa shape index (κ1) is 8.59. The summed E-state index contributed by atoms with van der Waals surface area (Å²) in [6, 6.07) is 2.40. The third-order valence-electron chi connectivity index (χ3n) is 3.03. The maximum absolute atomic E-state index is 8.79. The maximum atomic E-state index is 8.79. The lowest BCUT2D eigenvalue weighted by atomic mass is 9.93. The lowest BCUT2D eigenvalue weighted by Gasteiger charge is -2.12. The second-order valence-corrected chi connectivity index (χ2v) is 4.19. The first-order valence-electron chi connectivity index (χ1n) is 4.54. The first-order valence-corrected chi connectivity index (χ1v) is 4.54. The van der Waals surface area contributed by atoms with E-state index in [1.807, 2.05) is 0 Å². The Morgan fingerprint density at radius 3 is 2.27 bits per heavy atom. The Morgan fingerprint density at radius 1 is 1.36 bits per heavy atom. The van der Waals surface area contributed by atoms with Crippen molar-refractivity contribution in [1.29, 1.82) is 5.26 Å². The molecule has 1 unspecified atom stereocenters. The monoisotopic (exact) mass is 151 g/mol. The normalized spacial score (nSPS) is 37.5. The molecule has 3 atom stereocenters. The highest BCUT2D eigenvalue weighted by Gasteiger charge is 2.32. The number of nitrogens with zero attached hydrogens (tertiary/aromatic N) is 1. The number of rotatable bonds is 1. The molecule has 11 heavy (non-hydrogen) atoms. The predicted octanol–water partition coefficient (Wildman–Crippen LogP) is 2.83. The van der Waals surface area contributed by atoms with Gasteiger partial charge in [0.1, 0.15) is 0 Å². The van der Waals surface area contributed by atoms with E-state index < -0.39 is 0 Å². The molecule has 1 nitrogen and oxygen atoms in total. The van der Waals surface area contributed by atoms with Crippen molar-refractivity contribution in [3.05, 3.63) is 0 Å². The quantitative estimate of drug-likeness (QED) is 0.565. The van der Waals surface area contributed by atoms with Crippen molar-refractivity contribution in [1.82, 2.24) is 0 Å². The molecule has 0 aromatic rings. The summed E-state index contributed by atoms with van der Waals surface area (Å²) in [5, 5.41) is 8.79. The van der Waals surface area contributed by atoms with Crippen molar-refractivity contribution >= 4 is 0 Å². The van der Waals surface area contributed by atoms with Crippen LogP contribution in [0.4, 0.5) is 0 Å². The van der Waals surface area contributed by atoms with E-state index in [-0.39, 0.29) is 0 Å². The van der Waals surface area contributed by atoms with E-state index in [1.54, 1.807) is 0 Å². The minimum Gasteiger partial charge on any atom is -0.198 e. The van der Waals surface area contributed by atoms with Gasteiger partial charge in [0.05, 0.1) is 6.07 Å². The van der Waals surface area contributed by atoms with Crippen molar-refractivity contribution in [2.24, 2.45) is 23.7 Å². The summed E-state index contributed by atoms with van der Waals surface area (Å²) >= 11 is 0. The molecule has 1 fully saturated rings. The zero-order valence-corrected chi connectivity index (χ0v) is 7.67. The second kappa shape index (κ2) is 3.26. The van der Waals surface area contributed by atoms with Gasteiger partial charge in [-0.2, -0.15) is 5.26 Å². The Bertz CT molecular complexity index is 166. The van der Waals surface area contributed by atoms with E-state index in [9.17, 15) is 0 Å². The van der Waals surface area contributed by atoms with Gasteiger partial charge in [-0.15, -0.1) is 0 Å². The van der Waals surface area contributed by atoms with Crippen LogP contribution >= 0.6 is 0 Å². The van der Waals surface area contributed by atoms with Gasteiger partial charge in [0.15, 0.2) is 0 Å². The SMILES string of the molecule is CC(C)C1C[C@@H](C#N)[C@@H](C)C1. The molecule has 1 heteroatoms.